The first-order valence-electron chi connectivity index (χ1n) is 5.05. The molecule has 2 atom stereocenters. The zero-order chi connectivity index (χ0) is 9.71. The van der Waals surface area contributed by atoms with Crippen LogP contribution in [0.1, 0.15) is 11.4 Å². The molecule has 0 radical (unpaired) electrons. The molecule has 0 bridgehead atoms. The molecule has 1 aromatic rings. The summed E-state index contributed by atoms with van der Waals surface area (Å²) in [7, 11) is 0. The van der Waals surface area contributed by atoms with E-state index in [0.29, 0.717) is 17.8 Å². The molecular weight excluding hydrogens is 178 g/mol. The monoisotopic (exact) mass is 193 g/mol. The Morgan fingerprint density at radius 3 is 2.79 bits per heavy atom. The number of anilines is 1. The average molecular weight is 193 g/mol. The molecule has 0 aromatic carbocycles. The van der Waals surface area contributed by atoms with Crippen LogP contribution in [0.2, 0.25) is 0 Å². The molecule has 2 aliphatic rings. The van der Waals surface area contributed by atoms with E-state index >= 15 is 0 Å². The van der Waals surface area contributed by atoms with E-state index in [1.54, 1.807) is 0 Å². The Hall–Kier alpha value is -1.07. The zero-order valence-corrected chi connectivity index (χ0v) is 8.03. The third-order valence-corrected chi connectivity index (χ3v) is 3.41. The van der Waals surface area contributed by atoms with Gasteiger partial charge in [-0.3, -0.25) is 5.84 Å². The first-order chi connectivity index (χ1) is 6.72. The van der Waals surface area contributed by atoms with E-state index < -0.39 is 0 Å². The highest BCUT2D eigenvalue weighted by molar-refractivity contribution is 5.29. The maximum Gasteiger partial charge on any atom is 0.197 e. The van der Waals surface area contributed by atoms with Crippen LogP contribution in [0.5, 0.6) is 0 Å². The topological polar surface area (TPSA) is 84.0 Å². The maximum atomic E-state index is 5.81. The SMILES string of the molecule is Nc1nc2c([nH]1)C[C@H]1CN(N)C[C@H]1C2. The van der Waals surface area contributed by atoms with Gasteiger partial charge in [0.25, 0.3) is 0 Å². The number of rotatable bonds is 0. The van der Waals surface area contributed by atoms with Crippen molar-refractivity contribution in [3.05, 3.63) is 11.4 Å². The van der Waals surface area contributed by atoms with E-state index in [9.17, 15) is 0 Å². The minimum Gasteiger partial charge on any atom is -0.369 e. The van der Waals surface area contributed by atoms with E-state index in [1.807, 2.05) is 5.01 Å². The van der Waals surface area contributed by atoms with Crippen LogP contribution in [0.4, 0.5) is 5.95 Å². The number of hydrogen-bond acceptors (Lipinski definition) is 4. The molecule has 0 amide bonds. The summed E-state index contributed by atoms with van der Waals surface area (Å²) in [6.07, 6.45) is 2.08. The molecule has 0 saturated carbocycles. The van der Waals surface area contributed by atoms with Crippen molar-refractivity contribution in [1.82, 2.24) is 15.0 Å². The lowest BCUT2D eigenvalue weighted by Crippen LogP contribution is -2.28. The summed E-state index contributed by atoms with van der Waals surface area (Å²) < 4.78 is 0. The smallest absolute Gasteiger partial charge is 0.197 e. The molecule has 1 fully saturated rings. The minimum absolute atomic E-state index is 0.555. The Kier molecular flexibility index (Phi) is 1.60. The van der Waals surface area contributed by atoms with Crippen molar-refractivity contribution in [2.45, 2.75) is 12.8 Å². The summed E-state index contributed by atoms with van der Waals surface area (Å²) in [5, 5.41) is 1.92. The van der Waals surface area contributed by atoms with Crippen LogP contribution in [0, 0.1) is 11.8 Å². The highest BCUT2D eigenvalue weighted by atomic mass is 15.4. The number of imidazole rings is 1. The first kappa shape index (κ1) is 8.26. The van der Waals surface area contributed by atoms with Gasteiger partial charge in [-0.15, -0.1) is 0 Å². The lowest BCUT2D eigenvalue weighted by atomic mass is 9.82. The van der Waals surface area contributed by atoms with Crippen molar-refractivity contribution in [3.63, 3.8) is 0 Å². The van der Waals surface area contributed by atoms with Gasteiger partial charge in [-0.25, -0.2) is 9.99 Å². The molecule has 1 aliphatic heterocycles. The second-order valence-electron chi connectivity index (χ2n) is 4.43. The van der Waals surface area contributed by atoms with E-state index in [2.05, 4.69) is 9.97 Å². The number of nitrogens with two attached hydrogens (primary N) is 2. The Labute approximate surface area is 82.4 Å². The van der Waals surface area contributed by atoms with E-state index in [1.165, 1.54) is 5.69 Å². The maximum absolute atomic E-state index is 5.81. The quantitative estimate of drug-likeness (QED) is 0.485. The van der Waals surface area contributed by atoms with E-state index in [0.717, 1.165) is 31.6 Å². The molecule has 1 saturated heterocycles. The fourth-order valence-electron chi connectivity index (χ4n) is 2.75. The number of H-pyrrole nitrogens is 1. The third kappa shape index (κ3) is 1.13. The molecule has 1 aliphatic carbocycles. The largest absolute Gasteiger partial charge is 0.369 e. The van der Waals surface area contributed by atoms with Crippen molar-refractivity contribution >= 4 is 5.95 Å². The molecule has 5 N–H and O–H groups in total. The van der Waals surface area contributed by atoms with Gasteiger partial charge in [0.15, 0.2) is 5.95 Å². The molecule has 2 heterocycles. The highest BCUT2D eigenvalue weighted by Gasteiger charge is 2.36. The summed E-state index contributed by atoms with van der Waals surface area (Å²) in [5.74, 6) is 7.72. The van der Waals surface area contributed by atoms with Gasteiger partial charge in [0.1, 0.15) is 0 Å². The van der Waals surface area contributed by atoms with Crippen molar-refractivity contribution in [3.8, 4) is 0 Å². The van der Waals surface area contributed by atoms with Crippen LogP contribution >= 0.6 is 0 Å². The van der Waals surface area contributed by atoms with Gasteiger partial charge < -0.3 is 10.7 Å². The van der Waals surface area contributed by atoms with Crippen LogP contribution in [-0.4, -0.2) is 28.1 Å². The standard InChI is InChI=1S/C9H15N5/c10-9-12-7-1-5-3-14(11)4-6(5)2-8(7)13-9/h5-6H,1-4,11H2,(H3,10,12,13)/t5-,6+. The lowest BCUT2D eigenvalue weighted by molar-refractivity contribution is 0.335. The molecule has 0 spiro atoms. The van der Waals surface area contributed by atoms with E-state index in [4.69, 9.17) is 11.6 Å². The van der Waals surface area contributed by atoms with Gasteiger partial charge in [0, 0.05) is 18.8 Å². The molecule has 5 heteroatoms. The molecule has 5 nitrogen and oxygen atoms in total. The van der Waals surface area contributed by atoms with Crippen molar-refractivity contribution in [1.29, 1.82) is 0 Å². The summed E-state index contributed by atoms with van der Waals surface area (Å²) in [6, 6.07) is 0. The predicted octanol–water partition coefficient (Wildman–Crippen LogP) is -0.488. The average Bonchev–Trinajstić information content (AvgIpc) is 2.59. The third-order valence-electron chi connectivity index (χ3n) is 3.41. The fraction of sp³-hybridized carbons (Fsp3) is 0.667. The fourth-order valence-corrected chi connectivity index (χ4v) is 2.75. The molecular formula is C9H15N5. The normalized spacial score (nSPS) is 31.5. The van der Waals surface area contributed by atoms with Crippen molar-refractivity contribution in [2.75, 3.05) is 18.8 Å². The van der Waals surface area contributed by atoms with Gasteiger partial charge in [-0.2, -0.15) is 0 Å². The Morgan fingerprint density at radius 1 is 1.29 bits per heavy atom. The van der Waals surface area contributed by atoms with Crippen LogP contribution < -0.4 is 11.6 Å². The molecule has 1 aromatic heterocycles. The second kappa shape index (κ2) is 2.71. The summed E-state index contributed by atoms with van der Waals surface area (Å²) in [5.41, 5.74) is 8.01. The van der Waals surface area contributed by atoms with E-state index in [-0.39, 0.29) is 0 Å². The van der Waals surface area contributed by atoms with Crippen LogP contribution in [-0.2, 0) is 12.8 Å². The van der Waals surface area contributed by atoms with Crippen LogP contribution in [0.25, 0.3) is 0 Å². The Morgan fingerprint density at radius 2 is 2.00 bits per heavy atom. The van der Waals surface area contributed by atoms with Gasteiger partial charge in [0.05, 0.1) is 5.69 Å². The van der Waals surface area contributed by atoms with Crippen molar-refractivity contribution in [2.24, 2.45) is 17.7 Å². The number of hydrogen-bond donors (Lipinski definition) is 3. The molecule has 0 unspecified atom stereocenters. The van der Waals surface area contributed by atoms with Crippen molar-refractivity contribution < 1.29 is 0 Å². The number of aromatic amines is 1. The molecule has 3 rings (SSSR count). The number of hydrazine groups is 1. The zero-order valence-electron chi connectivity index (χ0n) is 8.03. The van der Waals surface area contributed by atoms with Gasteiger partial charge in [-0.05, 0) is 24.7 Å². The highest BCUT2D eigenvalue weighted by Crippen LogP contribution is 2.33. The Bertz CT molecular complexity index is 327. The number of fused-ring (bicyclic) bond motifs is 2. The molecule has 14 heavy (non-hydrogen) atoms. The first-order valence-corrected chi connectivity index (χ1v) is 5.05. The van der Waals surface area contributed by atoms with Crippen LogP contribution in [0.15, 0.2) is 0 Å². The Balaban J connectivity index is 1.90. The number of nitrogens with zero attached hydrogens (tertiary/aromatic N) is 2. The van der Waals surface area contributed by atoms with Gasteiger partial charge in [-0.1, -0.05) is 0 Å². The summed E-state index contributed by atoms with van der Waals surface area (Å²) in [4.78, 5) is 7.43. The molecule has 76 valence electrons. The summed E-state index contributed by atoms with van der Waals surface area (Å²) in [6.45, 7) is 2.00. The number of aromatic nitrogens is 2. The number of nitrogens with one attached hydrogen (secondary N) is 1. The second-order valence-corrected chi connectivity index (χ2v) is 4.43. The summed E-state index contributed by atoms with van der Waals surface area (Å²) >= 11 is 0. The number of nitrogen functional groups attached to an aromatic ring is 1. The minimum atomic E-state index is 0.555. The van der Waals surface area contributed by atoms with Gasteiger partial charge >= 0.3 is 0 Å². The van der Waals surface area contributed by atoms with Crippen LogP contribution in [0.3, 0.4) is 0 Å². The van der Waals surface area contributed by atoms with Gasteiger partial charge in [0.2, 0.25) is 0 Å². The predicted molar refractivity (Wildman–Crippen MR) is 53.1 cm³/mol. The lowest BCUT2D eigenvalue weighted by Gasteiger charge is -2.22.